The Balaban J connectivity index is 2.06. The molecule has 3 rings (SSSR count). The predicted molar refractivity (Wildman–Crippen MR) is 164 cm³/mol. The van der Waals surface area contributed by atoms with Crippen LogP contribution in [0.5, 0.6) is 0 Å². The van der Waals surface area contributed by atoms with Crippen LogP contribution in [-0.2, 0) is 26.2 Å². The van der Waals surface area contributed by atoms with Crippen molar-refractivity contribution in [3.8, 4) is 0 Å². The Labute approximate surface area is 246 Å². The van der Waals surface area contributed by atoms with E-state index in [4.69, 9.17) is 0 Å². The van der Waals surface area contributed by atoms with Gasteiger partial charge in [0.05, 0.1) is 10.6 Å². The van der Waals surface area contributed by atoms with Gasteiger partial charge >= 0.3 is 0 Å². The van der Waals surface area contributed by atoms with Crippen LogP contribution in [0.25, 0.3) is 0 Å². The van der Waals surface area contributed by atoms with Crippen molar-refractivity contribution >= 4 is 43.5 Å². The largest absolute Gasteiger partial charge is 0.352 e. The second-order valence-electron chi connectivity index (χ2n) is 10.3. The smallest absolute Gasteiger partial charge is 0.264 e. The summed E-state index contributed by atoms with van der Waals surface area (Å²) in [6, 6.07) is 18.6. The SMILES string of the molecule is CCC(C)NC(=O)C(C)N(Cc1cccc(Br)c1)C(=O)CN(c1cc(C)cc(C)c1)S(=O)(=O)c1ccc(C)cc1. The van der Waals surface area contributed by atoms with Gasteiger partial charge in [0.15, 0.2) is 0 Å². The van der Waals surface area contributed by atoms with E-state index >= 15 is 0 Å². The van der Waals surface area contributed by atoms with E-state index in [1.165, 1.54) is 4.90 Å². The van der Waals surface area contributed by atoms with Crippen molar-refractivity contribution in [3.05, 3.63) is 93.5 Å². The topological polar surface area (TPSA) is 86.8 Å². The molecule has 0 bridgehead atoms. The molecule has 0 radical (unpaired) electrons. The second kappa shape index (κ2) is 13.5. The van der Waals surface area contributed by atoms with E-state index in [1.54, 1.807) is 43.3 Å². The van der Waals surface area contributed by atoms with Gasteiger partial charge in [-0.05, 0) is 94.1 Å². The summed E-state index contributed by atoms with van der Waals surface area (Å²) in [5.41, 5.74) is 3.88. The fraction of sp³-hybridized carbons (Fsp3) is 0.355. The molecule has 0 aliphatic heterocycles. The molecule has 2 amide bonds. The van der Waals surface area contributed by atoms with Crippen molar-refractivity contribution in [3.63, 3.8) is 0 Å². The molecule has 40 heavy (non-hydrogen) atoms. The molecule has 0 saturated carbocycles. The first-order valence-corrected chi connectivity index (χ1v) is 15.6. The molecule has 1 N–H and O–H groups in total. The van der Waals surface area contributed by atoms with Gasteiger partial charge in [-0.15, -0.1) is 0 Å². The lowest BCUT2D eigenvalue weighted by Gasteiger charge is -2.32. The van der Waals surface area contributed by atoms with Crippen LogP contribution in [0.2, 0.25) is 0 Å². The number of carbonyl (C=O) groups is 2. The van der Waals surface area contributed by atoms with Crippen LogP contribution in [0.3, 0.4) is 0 Å². The number of hydrogen-bond donors (Lipinski definition) is 1. The molecule has 214 valence electrons. The molecule has 7 nitrogen and oxygen atoms in total. The molecule has 0 heterocycles. The zero-order valence-electron chi connectivity index (χ0n) is 23.9. The van der Waals surface area contributed by atoms with Crippen molar-refractivity contribution in [1.82, 2.24) is 10.2 Å². The van der Waals surface area contributed by atoms with Gasteiger partial charge in [0.25, 0.3) is 10.0 Å². The summed E-state index contributed by atoms with van der Waals surface area (Å²) in [5.74, 6) is -0.779. The van der Waals surface area contributed by atoms with E-state index in [0.717, 1.165) is 37.5 Å². The van der Waals surface area contributed by atoms with Gasteiger partial charge in [0.2, 0.25) is 11.8 Å². The van der Waals surface area contributed by atoms with Gasteiger partial charge in [-0.3, -0.25) is 13.9 Å². The fourth-order valence-corrected chi connectivity index (χ4v) is 6.19. The number of anilines is 1. The monoisotopic (exact) mass is 627 g/mol. The predicted octanol–water partition coefficient (Wildman–Crippen LogP) is 5.90. The Morgan fingerprint density at radius 1 is 0.900 bits per heavy atom. The molecule has 0 aliphatic carbocycles. The summed E-state index contributed by atoms with van der Waals surface area (Å²) in [6.07, 6.45) is 0.743. The molecular formula is C31H38BrN3O4S. The van der Waals surface area contributed by atoms with Gasteiger partial charge < -0.3 is 10.2 Å². The molecule has 0 aromatic heterocycles. The number of aryl methyl sites for hydroxylation is 3. The third kappa shape index (κ3) is 7.95. The average molecular weight is 629 g/mol. The first-order chi connectivity index (χ1) is 18.8. The molecule has 3 aromatic carbocycles. The highest BCUT2D eigenvalue weighted by atomic mass is 79.9. The summed E-state index contributed by atoms with van der Waals surface area (Å²) in [7, 11) is -4.10. The summed E-state index contributed by atoms with van der Waals surface area (Å²) in [5, 5.41) is 2.95. The van der Waals surface area contributed by atoms with Crippen LogP contribution in [0.15, 0.2) is 76.1 Å². The van der Waals surface area contributed by atoms with E-state index in [1.807, 2.05) is 65.0 Å². The highest BCUT2D eigenvalue weighted by Gasteiger charge is 2.33. The fourth-order valence-electron chi connectivity index (χ4n) is 4.34. The molecule has 0 spiro atoms. The van der Waals surface area contributed by atoms with Crippen molar-refractivity contribution < 1.29 is 18.0 Å². The summed E-state index contributed by atoms with van der Waals surface area (Å²) in [6.45, 7) is 10.9. The third-order valence-corrected chi connectivity index (χ3v) is 9.07. The van der Waals surface area contributed by atoms with Gasteiger partial charge in [0, 0.05) is 17.1 Å². The molecule has 2 atom stereocenters. The Morgan fingerprint density at radius 2 is 1.52 bits per heavy atom. The number of hydrogen-bond acceptors (Lipinski definition) is 4. The van der Waals surface area contributed by atoms with Crippen LogP contribution >= 0.6 is 15.9 Å². The van der Waals surface area contributed by atoms with Gasteiger partial charge in [0.1, 0.15) is 12.6 Å². The number of nitrogens with zero attached hydrogens (tertiary/aromatic N) is 2. The first-order valence-electron chi connectivity index (χ1n) is 13.3. The van der Waals surface area contributed by atoms with E-state index < -0.39 is 28.5 Å². The Kier molecular flexibility index (Phi) is 10.6. The minimum absolute atomic E-state index is 0.0635. The molecule has 0 fully saturated rings. The van der Waals surface area contributed by atoms with E-state index in [9.17, 15) is 18.0 Å². The highest BCUT2D eigenvalue weighted by molar-refractivity contribution is 9.10. The lowest BCUT2D eigenvalue weighted by atomic mass is 10.1. The highest BCUT2D eigenvalue weighted by Crippen LogP contribution is 2.27. The molecule has 0 saturated heterocycles. The van der Waals surface area contributed by atoms with E-state index in [0.29, 0.717) is 5.69 Å². The number of nitrogens with one attached hydrogen (secondary N) is 1. The van der Waals surface area contributed by atoms with Crippen LogP contribution in [0, 0.1) is 20.8 Å². The van der Waals surface area contributed by atoms with Gasteiger partial charge in [-0.25, -0.2) is 8.42 Å². The standard InChI is InChI=1S/C31H38BrN3O4S/c1-7-24(5)33-31(37)25(6)34(19-26-9-8-10-27(32)18-26)30(36)20-35(28-16-22(3)15-23(4)17-28)40(38,39)29-13-11-21(2)12-14-29/h8-18,24-25H,7,19-20H2,1-6H3,(H,33,37). The number of halogens is 1. The molecule has 3 aromatic rings. The summed E-state index contributed by atoms with van der Waals surface area (Å²) >= 11 is 3.47. The maximum atomic E-state index is 14.0. The van der Waals surface area contributed by atoms with Gasteiger partial charge in [-0.2, -0.15) is 0 Å². The minimum atomic E-state index is -4.10. The Hall–Kier alpha value is -3.17. The van der Waals surface area contributed by atoms with E-state index in [2.05, 4.69) is 21.2 Å². The van der Waals surface area contributed by atoms with E-state index in [-0.39, 0.29) is 23.4 Å². The van der Waals surface area contributed by atoms with Gasteiger partial charge in [-0.1, -0.05) is 58.7 Å². The normalized spacial score (nSPS) is 12.9. The summed E-state index contributed by atoms with van der Waals surface area (Å²) < 4.78 is 30.0. The van der Waals surface area contributed by atoms with Crippen molar-refractivity contribution in [2.45, 2.75) is 71.5 Å². The summed E-state index contributed by atoms with van der Waals surface area (Å²) in [4.78, 5) is 28.7. The Morgan fingerprint density at radius 3 is 2.10 bits per heavy atom. The van der Waals surface area contributed by atoms with Crippen LogP contribution < -0.4 is 9.62 Å². The van der Waals surface area contributed by atoms with Crippen molar-refractivity contribution in [2.24, 2.45) is 0 Å². The second-order valence-corrected chi connectivity index (χ2v) is 13.1. The molecule has 2 unspecified atom stereocenters. The first kappa shape index (κ1) is 31.4. The number of sulfonamides is 1. The van der Waals surface area contributed by atoms with Crippen molar-refractivity contribution in [2.75, 3.05) is 10.8 Å². The molecule has 9 heteroatoms. The number of carbonyl (C=O) groups excluding carboxylic acids is 2. The quantitative estimate of drug-likeness (QED) is 0.287. The number of amides is 2. The third-order valence-electron chi connectivity index (χ3n) is 6.79. The lowest BCUT2D eigenvalue weighted by Crippen LogP contribution is -2.52. The van der Waals surface area contributed by atoms with Crippen LogP contribution in [0.1, 0.15) is 49.4 Å². The molecular weight excluding hydrogens is 590 g/mol. The Bertz CT molecular complexity index is 1440. The minimum Gasteiger partial charge on any atom is -0.352 e. The zero-order valence-corrected chi connectivity index (χ0v) is 26.3. The van der Waals surface area contributed by atoms with Crippen LogP contribution in [-0.4, -0.2) is 43.8 Å². The molecule has 0 aliphatic rings. The zero-order chi connectivity index (χ0) is 29.6. The lowest BCUT2D eigenvalue weighted by molar-refractivity contribution is -0.139. The number of rotatable bonds is 11. The van der Waals surface area contributed by atoms with Crippen LogP contribution in [0.4, 0.5) is 5.69 Å². The number of benzene rings is 3. The maximum absolute atomic E-state index is 14.0. The van der Waals surface area contributed by atoms with Crippen molar-refractivity contribution in [1.29, 1.82) is 0 Å². The maximum Gasteiger partial charge on any atom is 0.264 e. The average Bonchev–Trinajstić information content (AvgIpc) is 2.89.